The minimum atomic E-state index is -0.201. The van der Waals surface area contributed by atoms with Gasteiger partial charge in [0.05, 0.1) is 12.6 Å². The van der Waals surface area contributed by atoms with Gasteiger partial charge in [0.2, 0.25) is 0 Å². The molecular weight excluding hydrogens is 274 g/mol. The van der Waals surface area contributed by atoms with E-state index in [1.54, 1.807) is 0 Å². The van der Waals surface area contributed by atoms with Crippen LogP contribution in [0.3, 0.4) is 0 Å². The molecule has 3 heteroatoms. The molecule has 1 atom stereocenters. The van der Waals surface area contributed by atoms with Crippen molar-refractivity contribution < 1.29 is 9.90 Å². The zero-order valence-corrected chi connectivity index (χ0v) is 13.8. The average molecular weight is 303 g/mol. The fourth-order valence-electron chi connectivity index (χ4n) is 2.53. The van der Waals surface area contributed by atoms with Crippen LogP contribution < -0.4 is 5.32 Å². The van der Waals surface area contributed by atoms with Crippen molar-refractivity contribution in [3.8, 4) is 0 Å². The van der Waals surface area contributed by atoms with Gasteiger partial charge in [0, 0.05) is 5.56 Å². The number of benzene rings is 1. The van der Waals surface area contributed by atoms with E-state index in [2.05, 4.69) is 17.5 Å². The molecule has 122 valence electrons. The highest BCUT2D eigenvalue weighted by Gasteiger charge is 2.15. The molecule has 0 fully saturated rings. The maximum absolute atomic E-state index is 12.3. The summed E-state index contributed by atoms with van der Waals surface area (Å²) in [4.78, 5) is 12.3. The first kappa shape index (κ1) is 18.4. The number of amides is 1. The molecule has 1 aliphatic heterocycles. The van der Waals surface area contributed by atoms with Crippen LogP contribution in [0.2, 0.25) is 0 Å². The van der Waals surface area contributed by atoms with Crippen LogP contribution in [-0.4, -0.2) is 23.7 Å². The average Bonchev–Trinajstić information content (AvgIpc) is 2.58. The van der Waals surface area contributed by atoms with E-state index in [0.717, 1.165) is 30.4 Å². The van der Waals surface area contributed by atoms with Gasteiger partial charge in [0.1, 0.15) is 0 Å². The van der Waals surface area contributed by atoms with Crippen molar-refractivity contribution in [1.29, 1.82) is 0 Å². The predicted molar refractivity (Wildman–Crippen MR) is 92.1 cm³/mol. The Bertz CT molecular complexity index is 468. The Morgan fingerprint density at radius 3 is 2.68 bits per heavy atom. The third-order valence-electron chi connectivity index (χ3n) is 3.72. The molecule has 0 radical (unpaired) electrons. The SMILES string of the molecule is CC.O=C1NC(CO)C/C=C\CCCCCc2ccccc21. The normalized spacial score (nSPS) is 20.9. The fraction of sp³-hybridized carbons (Fsp3) is 0.526. The van der Waals surface area contributed by atoms with E-state index in [1.165, 1.54) is 12.8 Å². The van der Waals surface area contributed by atoms with Crippen molar-refractivity contribution in [2.45, 2.75) is 58.4 Å². The lowest BCUT2D eigenvalue weighted by Crippen LogP contribution is -2.37. The number of rotatable bonds is 1. The molecule has 1 amide bonds. The maximum Gasteiger partial charge on any atom is 0.251 e. The number of aryl methyl sites for hydroxylation is 1. The molecule has 0 saturated carbocycles. The summed E-state index contributed by atoms with van der Waals surface area (Å²) in [5, 5.41) is 12.3. The van der Waals surface area contributed by atoms with E-state index >= 15 is 0 Å². The van der Waals surface area contributed by atoms with Crippen LogP contribution in [0.25, 0.3) is 0 Å². The highest BCUT2D eigenvalue weighted by molar-refractivity contribution is 5.95. The van der Waals surface area contributed by atoms with E-state index < -0.39 is 0 Å². The predicted octanol–water partition coefficient (Wildman–Crippen LogP) is 3.87. The van der Waals surface area contributed by atoms with Crippen LogP contribution in [0.5, 0.6) is 0 Å². The number of aliphatic hydroxyl groups excluding tert-OH is 1. The van der Waals surface area contributed by atoms with Gasteiger partial charge in [-0.15, -0.1) is 0 Å². The van der Waals surface area contributed by atoms with E-state index in [0.29, 0.717) is 6.42 Å². The summed E-state index contributed by atoms with van der Waals surface area (Å²) in [5.74, 6) is -0.0766. The van der Waals surface area contributed by atoms with Gasteiger partial charge in [-0.05, 0) is 43.7 Å². The fourth-order valence-corrected chi connectivity index (χ4v) is 2.53. The van der Waals surface area contributed by atoms with Gasteiger partial charge in [-0.1, -0.05) is 50.6 Å². The molecule has 0 bridgehead atoms. The number of allylic oxidation sites excluding steroid dienone is 1. The lowest BCUT2D eigenvalue weighted by molar-refractivity contribution is 0.0916. The second-order valence-corrected chi connectivity index (χ2v) is 5.32. The van der Waals surface area contributed by atoms with Gasteiger partial charge in [0.15, 0.2) is 0 Å². The number of fused-ring (bicyclic) bond motifs is 1. The standard InChI is InChI=1S/C17H23NO2.C2H6/c19-13-15-11-6-4-2-1-3-5-9-14-10-7-8-12-16(14)17(20)18-15;1-2/h4,6-8,10,12,15,19H,1-3,5,9,11,13H2,(H,18,20);1-2H3/b6-4-;. The minimum Gasteiger partial charge on any atom is -0.394 e. The van der Waals surface area contributed by atoms with Gasteiger partial charge in [-0.2, -0.15) is 0 Å². The molecular formula is C19H29NO2. The van der Waals surface area contributed by atoms with Gasteiger partial charge in [-0.25, -0.2) is 0 Å². The zero-order chi connectivity index (χ0) is 16.2. The topological polar surface area (TPSA) is 49.3 Å². The van der Waals surface area contributed by atoms with Gasteiger partial charge >= 0.3 is 0 Å². The molecule has 0 aromatic heterocycles. The van der Waals surface area contributed by atoms with Crippen molar-refractivity contribution in [2.24, 2.45) is 0 Å². The lowest BCUT2D eigenvalue weighted by Gasteiger charge is -2.16. The molecule has 0 saturated heterocycles. The molecule has 0 aliphatic carbocycles. The number of aliphatic hydroxyl groups is 1. The maximum atomic E-state index is 12.3. The van der Waals surface area contributed by atoms with E-state index in [9.17, 15) is 9.90 Å². The quantitative estimate of drug-likeness (QED) is 0.774. The van der Waals surface area contributed by atoms with Crippen molar-refractivity contribution in [3.63, 3.8) is 0 Å². The first-order valence-corrected chi connectivity index (χ1v) is 8.46. The summed E-state index contributed by atoms with van der Waals surface area (Å²) in [6.07, 6.45) is 10.4. The van der Waals surface area contributed by atoms with Crippen LogP contribution in [0.15, 0.2) is 36.4 Å². The molecule has 0 spiro atoms. The first-order chi connectivity index (χ1) is 10.8. The van der Waals surface area contributed by atoms with Gasteiger partial charge in [0.25, 0.3) is 5.91 Å². The molecule has 1 heterocycles. The highest BCUT2D eigenvalue weighted by atomic mass is 16.3. The Labute approximate surface area is 134 Å². The van der Waals surface area contributed by atoms with Crippen molar-refractivity contribution in [1.82, 2.24) is 5.32 Å². The second kappa shape index (κ2) is 11.0. The summed E-state index contributed by atoms with van der Waals surface area (Å²) >= 11 is 0. The van der Waals surface area contributed by atoms with Crippen LogP contribution in [0, 0.1) is 0 Å². The summed E-state index contributed by atoms with van der Waals surface area (Å²) in [6.45, 7) is 3.97. The van der Waals surface area contributed by atoms with Crippen LogP contribution >= 0.6 is 0 Å². The molecule has 2 N–H and O–H groups in total. The zero-order valence-electron chi connectivity index (χ0n) is 13.8. The largest absolute Gasteiger partial charge is 0.394 e. The van der Waals surface area contributed by atoms with Gasteiger partial charge in [-0.3, -0.25) is 4.79 Å². The van der Waals surface area contributed by atoms with E-state index in [4.69, 9.17) is 0 Å². The molecule has 1 aliphatic rings. The van der Waals surface area contributed by atoms with Crippen LogP contribution in [0.4, 0.5) is 0 Å². The summed E-state index contributed by atoms with van der Waals surface area (Å²) in [7, 11) is 0. The lowest BCUT2D eigenvalue weighted by atomic mass is 10.00. The Morgan fingerprint density at radius 2 is 1.91 bits per heavy atom. The molecule has 3 nitrogen and oxygen atoms in total. The number of hydrogen-bond donors (Lipinski definition) is 2. The van der Waals surface area contributed by atoms with Crippen LogP contribution in [-0.2, 0) is 6.42 Å². The Balaban J connectivity index is 0.00000116. The number of carbonyl (C=O) groups is 1. The monoisotopic (exact) mass is 303 g/mol. The first-order valence-electron chi connectivity index (χ1n) is 8.46. The van der Waals surface area contributed by atoms with E-state index in [1.807, 2.05) is 38.1 Å². The number of nitrogens with one attached hydrogen (secondary N) is 1. The smallest absolute Gasteiger partial charge is 0.251 e. The van der Waals surface area contributed by atoms with Crippen molar-refractivity contribution in [2.75, 3.05) is 6.61 Å². The van der Waals surface area contributed by atoms with Crippen molar-refractivity contribution >= 4 is 5.91 Å². The summed E-state index contributed by atoms with van der Waals surface area (Å²) in [6, 6.07) is 7.57. The van der Waals surface area contributed by atoms with Crippen molar-refractivity contribution in [3.05, 3.63) is 47.5 Å². The highest BCUT2D eigenvalue weighted by Crippen LogP contribution is 2.15. The summed E-state index contributed by atoms with van der Waals surface area (Å²) in [5.41, 5.74) is 1.85. The molecule has 22 heavy (non-hydrogen) atoms. The minimum absolute atomic E-state index is 0.0295. The molecule has 1 aromatic carbocycles. The third kappa shape index (κ3) is 6.02. The van der Waals surface area contributed by atoms with E-state index in [-0.39, 0.29) is 18.6 Å². The molecule has 2 rings (SSSR count). The Kier molecular flexibility index (Phi) is 9.24. The second-order valence-electron chi connectivity index (χ2n) is 5.32. The molecule has 1 aromatic rings. The Hall–Kier alpha value is -1.61. The third-order valence-corrected chi connectivity index (χ3v) is 3.72. The summed E-state index contributed by atoms with van der Waals surface area (Å²) < 4.78 is 0. The number of carbonyl (C=O) groups excluding carboxylic acids is 1. The Morgan fingerprint density at radius 1 is 1.14 bits per heavy atom. The number of hydrogen-bond acceptors (Lipinski definition) is 2. The van der Waals surface area contributed by atoms with Crippen LogP contribution in [0.1, 0.15) is 61.9 Å². The molecule has 1 unspecified atom stereocenters. The van der Waals surface area contributed by atoms with Gasteiger partial charge < -0.3 is 10.4 Å².